The molecular weight excluding hydrogens is 429 g/mol. The number of sulfonamides is 1. The molecule has 1 amide bonds. The highest BCUT2D eigenvalue weighted by atomic mass is 35.5. The van der Waals surface area contributed by atoms with Crippen molar-refractivity contribution in [1.29, 1.82) is 0 Å². The summed E-state index contributed by atoms with van der Waals surface area (Å²) in [7, 11) is -2.36. The average Bonchev–Trinajstić information content (AvgIpc) is 3.49. The lowest BCUT2D eigenvalue weighted by atomic mass is 9.94. The maximum absolute atomic E-state index is 13.2. The molecule has 0 unspecified atom stereocenters. The summed E-state index contributed by atoms with van der Waals surface area (Å²) in [5, 5.41) is 2.79. The van der Waals surface area contributed by atoms with Gasteiger partial charge in [0.15, 0.2) is 0 Å². The van der Waals surface area contributed by atoms with Crippen LogP contribution in [0.1, 0.15) is 34.3 Å². The Labute approximate surface area is 171 Å². The smallest absolute Gasteiger partial charge is 0.348 e. The van der Waals surface area contributed by atoms with Crippen LogP contribution in [0.25, 0.3) is 0 Å². The van der Waals surface area contributed by atoms with Gasteiger partial charge in [-0.05, 0) is 55.3 Å². The van der Waals surface area contributed by atoms with Gasteiger partial charge in [0, 0.05) is 17.1 Å². The number of alkyl halides is 3. The molecule has 2 aromatic carbocycles. The van der Waals surface area contributed by atoms with E-state index in [1.54, 1.807) is 0 Å². The van der Waals surface area contributed by atoms with Gasteiger partial charge in [0.1, 0.15) is 0 Å². The number of amides is 1. The second kappa shape index (κ2) is 7.62. The molecule has 0 atom stereocenters. The topological polar surface area (TPSA) is 75.3 Å². The average molecular weight is 447 g/mol. The van der Waals surface area contributed by atoms with Gasteiger partial charge in [-0.1, -0.05) is 29.8 Å². The normalized spacial score (nSPS) is 15.8. The fraction of sp³-hybridized carbons (Fsp3) is 0.316. The molecule has 1 saturated carbocycles. The minimum absolute atomic E-state index is 0.00525. The lowest BCUT2D eigenvalue weighted by molar-refractivity contribution is -0.160. The van der Waals surface area contributed by atoms with Crippen molar-refractivity contribution in [2.75, 3.05) is 7.05 Å². The van der Waals surface area contributed by atoms with Crippen LogP contribution < -0.4 is 10.0 Å². The molecule has 0 bridgehead atoms. The monoisotopic (exact) mass is 446 g/mol. The number of carbonyl (C=O) groups excluding carboxylic acids is 1. The quantitative estimate of drug-likeness (QED) is 0.709. The second-order valence-corrected chi connectivity index (χ2v) is 9.09. The second-order valence-electron chi connectivity index (χ2n) is 6.80. The Kier molecular flexibility index (Phi) is 5.68. The maximum atomic E-state index is 13.2. The highest BCUT2D eigenvalue weighted by molar-refractivity contribution is 7.89. The Bertz CT molecular complexity index is 1030. The number of benzene rings is 2. The highest BCUT2D eigenvalue weighted by Gasteiger charge is 2.64. The predicted octanol–water partition coefficient (Wildman–Crippen LogP) is 3.77. The van der Waals surface area contributed by atoms with E-state index in [2.05, 4.69) is 10.0 Å². The number of carbonyl (C=O) groups is 1. The standard InChI is InChI=1S/C19H18ClF3N2O3S/c1-24-29(27,28)15-7-4-13(16(20)10-15)11-25-17(26)12-2-5-14(6-3-12)18(8-9-18)19(21,22)23/h2-7,10,24H,8-9,11H2,1H3,(H,25,26). The Morgan fingerprint density at radius 1 is 1.14 bits per heavy atom. The first-order valence-electron chi connectivity index (χ1n) is 8.68. The summed E-state index contributed by atoms with van der Waals surface area (Å²) in [6.07, 6.45) is -4.19. The number of rotatable bonds is 6. The molecule has 3 rings (SSSR count). The molecule has 2 aromatic rings. The molecular formula is C19H18ClF3N2O3S. The minimum Gasteiger partial charge on any atom is -0.348 e. The largest absolute Gasteiger partial charge is 0.398 e. The number of hydrogen-bond donors (Lipinski definition) is 2. The summed E-state index contributed by atoms with van der Waals surface area (Å²) < 4.78 is 65.3. The minimum atomic E-state index is -4.31. The van der Waals surface area contributed by atoms with E-state index in [9.17, 15) is 26.4 Å². The summed E-state index contributed by atoms with van der Waals surface area (Å²) in [6.45, 7) is 0.0335. The first-order valence-corrected chi connectivity index (χ1v) is 10.5. The Hall–Kier alpha value is -2.10. The molecule has 0 radical (unpaired) electrons. The van der Waals surface area contributed by atoms with Gasteiger partial charge in [0.2, 0.25) is 10.0 Å². The van der Waals surface area contributed by atoms with Crippen molar-refractivity contribution >= 4 is 27.5 Å². The summed E-state index contributed by atoms with van der Waals surface area (Å²) >= 11 is 6.09. The van der Waals surface area contributed by atoms with Crippen LogP contribution in [-0.4, -0.2) is 27.5 Å². The van der Waals surface area contributed by atoms with Crippen LogP contribution in [0.3, 0.4) is 0 Å². The Morgan fingerprint density at radius 3 is 2.24 bits per heavy atom. The molecule has 29 heavy (non-hydrogen) atoms. The summed E-state index contributed by atoms with van der Waals surface area (Å²) in [5.74, 6) is -0.476. The highest BCUT2D eigenvalue weighted by Crippen LogP contribution is 2.58. The number of halogens is 4. The van der Waals surface area contributed by atoms with Gasteiger partial charge in [-0.25, -0.2) is 13.1 Å². The maximum Gasteiger partial charge on any atom is 0.398 e. The van der Waals surface area contributed by atoms with E-state index in [-0.39, 0.29) is 40.4 Å². The van der Waals surface area contributed by atoms with E-state index in [0.717, 1.165) is 0 Å². The van der Waals surface area contributed by atoms with E-state index in [1.807, 2.05) is 0 Å². The molecule has 0 aromatic heterocycles. The molecule has 5 nitrogen and oxygen atoms in total. The molecule has 1 fully saturated rings. The summed E-state index contributed by atoms with van der Waals surface area (Å²) in [4.78, 5) is 12.3. The van der Waals surface area contributed by atoms with Crippen LogP contribution >= 0.6 is 11.6 Å². The van der Waals surface area contributed by atoms with Crippen molar-refractivity contribution in [3.63, 3.8) is 0 Å². The summed E-state index contributed by atoms with van der Waals surface area (Å²) in [5.41, 5.74) is -0.908. The summed E-state index contributed by atoms with van der Waals surface area (Å²) in [6, 6.07) is 9.51. The zero-order valence-corrected chi connectivity index (χ0v) is 16.9. The Morgan fingerprint density at radius 2 is 1.76 bits per heavy atom. The third-order valence-electron chi connectivity index (χ3n) is 5.04. The van der Waals surface area contributed by atoms with Gasteiger partial charge in [-0.2, -0.15) is 13.2 Å². The van der Waals surface area contributed by atoms with Crippen LogP contribution in [0, 0.1) is 0 Å². The van der Waals surface area contributed by atoms with Gasteiger partial charge in [-0.3, -0.25) is 4.79 Å². The third kappa shape index (κ3) is 4.26. The van der Waals surface area contributed by atoms with Gasteiger partial charge in [-0.15, -0.1) is 0 Å². The van der Waals surface area contributed by atoms with Crippen molar-refractivity contribution in [2.45, 2.75) is 35.9 Å². The lowest BCUT2D eigenvalue weighted by Crippen LogP contribution is -2.29. The van der Waals surface area contributed by atoms with E-state index >= 15 is 0 Å². The van der Waals surface area contributed by atoms with Gasteiger partial charge < -0.3 is 5.32 Å². The van der Waals surface area contributed by atoms with E-state index in [4.69, 9.17) is 11.6 Å². The fourth-order valence-electron chi connectivity index (χ4n) is 3.04. The fourth-order valence-corrected chi connectivity index (χ4v) is 4.10. The first-order chi connectivity index (χ1) is 13.5. The molecule has 1 aliphatic rings. The van der Waals surface area contributed by atoms with Crippen LogP contribution in [0.2, 0.25) is 5.02 Å². The van der Waals surface area contributed by atoms with Crippen molar-refractivity contribution in [1.82, 2.24) is 10.0 Å². The first kappa shape index (κ1) is 21.6. The van der Waals surface area contributed by atoms with Gasteiger partial charge >= 0.3 is 6.18 Å². The molecule has 10 heteroatoms. The zero-order valence-electron chi connectivity index (χ0n) is 15.3. The molecule has 2 N–H and O–H groups in total. The molecule has 0 heterocycles. The number of nitrogens with one attached hydrogen (secondary N) is 2. The van der Waals surface area contributed by atoms with Gasteiger partial charge in [0.05, 0.1) is 10.3 Å². The predicted molar refractivity (Wildman–Crippen MR) is 102 cm³/mol. The van der Waals surface area contributed by atoms with Crippen molar-refractivity contribution < 1.29 is 26.4 Å². The zero-order chi connectivity index (χ0) is 21.4. The van der Waals surface area contributed by atoms with Gasteiger partial charge in [0.25, 0.3) is 5.91 Å². The lowest BCUT2D eigenvalue weighted by Gasteiger charge is -2.19. The van der Waals surface area contributed by atoms with Crippen molar-refractivity contribution in [3.05, 3.63) is 64.2 Å². The van der Waals surface area contributed by atoms with E-state index in [0.29, 0.717) is 5.56 Å². The van der Waals surface area contributed by atoms with Crippen molar-refractivity contribution in [2.24, 2.45) is 0 Å². The molecule has 0 saturated heterocycles. The Balaban J connectivity index is 1.67. The third-order valence-corrected chi connectivity index (χ3v) is 6.80. The van der Waals surface area contributed by atoms with Crippen LogP contribution in [0.5, 0.6) is 0 Å². The van der Waals surface area contributed by atoms with Crippen LogP contribution in [0.15, 0.2) is 47.4 Å². The van der Waals surface area contributed by atoms with Crippen molar-refractivity contribution in [3.8, 4) is 0 Å². The van der Waals surface area contributed by atoms with Crippen LogP contribution in [0.4, 0.5) is 13.2 Å². The van der Waals surface area contributed by atoms with E-state index in [1.165, 1.54) is 49.5 Å². The molecule has 0 aliphatic heterocycles. The van der Waals surface area contributed by atoms with E-state index < -0.39 is 27.5 Å². The molecule has 156 valence electrons. The SMILES string of the molecule is CNS(=O)(=O)c1ccc(CNC(=O)c2ccc(C3(C(F)(F)F)CC3)cc2)c(Cl)c1. The van der Waals surface area contributed by atoms with Crippen LogP contribution in [-0.2, 0) is 22.0 Å². The molecule has 0 spiro atoms. The number of hydrogen-bond acceptors (Lipinski definition) is 3. The molecule has 1 aliphatic carbocycles.